The van der Waals surface area contributed by atoms with Crippen LogP contribution in [0.5, 0.6) is 0 Å². The van der Waals surface area contributed by atoms with E-state index in [0.29, 0.717) is 17.9 Å². The van der Waals surface area contributed by atoms with Crippen LogP contribution in [-0.4, -0.2) is 65.3 Å². The first-order chi connectivity index (χ1) is 18.0. The molecule has 37 heavy (non-hydrogen) atoms. The summed E-state index contributed by atoms with van der Waals surface area (Å²) in [7, 11) is 2.26. The first-order valence-electron chi connectivity index (χ1n) is 14.9. The lowest BCUT2D eigenvalue weighted by Crippen LogP contribution is -2.57. The van der Waals surface area contributed by atoms with Gasteiger partial charge in [0, 0.05) is 50.0 Å². The zero-order valence-corrected chi connectivity index (χ0v) is 22.6. The molecule has 1 aromatic carbocycles. The molecule has 4 nitrogen and oxygen atoms in total. The lowest BCUT2D eigenvalue weighted by atomic mass is 9.58. The molecule has 1 aromatic heterocycles. The fourth-order valence-corrected chi connectivity index (χ4v) is 9.75. The SMILES string of the molecule is CN1CCN([C@H]2CCC3=CC4=CC[C@]5(C)[C@@H](c6ccc7ccncc7c6)CC[C@H]5[C@@]45CCC3(C2)O5)CC1. The van der Waals surface area contributed by atoms with E-state index in [-0.39, 0.29) is 16.6 Å². The smallest absolute Gasteiger partial charge is 0.0974 e. The van der Waals surface area contributed by atoms with Crippen molar-refractivity contribution in [3.05, 3.63) is 65.5 Å². The number of nitrogens with zero attached hydrogens (tertiary/aromatic N) is 3. The van der Waals surface area contributed by atoms with Gasteiger partial charge in [0.15, 0.2) is 0 Å². The Bertz CT molecular complexity index is 1310. The second-order valence-corrected chi connectivity index (χ2v) is 13.4. The van der Waals surface area contributed by atoms with Gasteiger partial charge < -0.3 is 9.64 Å². The number of piperazine rings is 1. The number of hydrogen-bond donors (Lipinski definition) is 0. The highest BCUT2D eigenvalue weighted by Crippen LogP contribution is 2.69. The second-order valence-electron chi connectivity index (χ2n) is 13.4. The molecule has 194 valence electrons. The van der Waals surface area contributed by atoms with Gasteiger partial charge in [0.25, 0.3) is 0 Å². The highest BCUT2D eigenvalue weighted by molar-refractivity contribution is 5.82. The van der Waals surface area contributed by atoms with Crippen molar-refractivity contribution in [3.8, 4) is 0 Å². The molecule has 4 heterocycles. The van der Waals surface area contributed by atoms with Gasteiger partial charge in [-0.25, -0.2) is 0 Å². The van der Waals surface area contributed by atoms with E-state index < -0.39 is 0 Å². The Morgan fingerprint density at radius 1 is 1.00 bits per heavy atom. The lowest BCUT2D eigenvalue weighted by Gasteiger charge is -2.55. The molecule has 4 heteroatoms. The van der Waals surface area contributed by atoms with Crippen molar-refractivity contribution in [3.63, 3.8) is 0 Å². The Kier molecular flexibility index (Phi) is 4.96. The standard InChI is InChI=1S/C33H41N3O/c1-31-11-9-27-20-26-5-6-28(36-17-15-35(2)16-18-36)21-32(26)12-13-33(27,37-32)30(31)8-7-29(31)24-4-3-23-10-14-34-22-25(23)19-24/h3-4,9-10,14,19-20,22,28-30H,5-8,11-13,15-18,21H2,1-2H3/t28-,29+,30+,31+,32?,33+/m0/s1. The summed E-state index contributed by atoms with van der Waals surface area (Å²) in [5.74, 6) is 1.19. The van der Waals surface area contributed by atoms with Crippen molar-refractivity contribution in [1.82, 2.24) is 14.8 Å². The highest BCUT2D eigenvalue weighted by Gasteiger charge is 2.66. The quantitative estimate of drug-likeness (QED) is 0.504. The molecular formula is C33H41N3O. The van der Waals surface area contributed by atoms with E-state index in [0.717, 1.165) is 0 Å². The van der Waals surface area contributed by atoms with Crippen molar-refractivity contribution in [2.24, 2.45) is 11.3 Å². The van der Waals surface area contributed by atoms with Gasteiger partial charge in [-0.2, -0.15) is 0 Å². The number of allylic oxidation sites excluding steroid dienone is 1. The monoisotopic (exact) mass is 495 g/mol. The molecule has 6 aliphatic rings. The first kappa shape index (κ1) is 22.9. The topological polar surface area (TPSA) is 28.6 Å². The van der Waals surface area contributed by atoms with E-state index in [1.165, 1.54) is 93.9 Å². The van der Waals surface area contributed by atoms with Gasteiger partial charge in [-0.05, 0) is 110 Å². The van der Waals surface area contributed by atoms with Crippen molar-refractivity contribution in [1.29, 1.82) is 0 Å². The molecule has 2 spiro atoms. The molecule has 4 fully saturated rings. The van der Waals surface area contributed by atoms with Gasteiger partial charge in [-0.15, -0.1) is 0 Å². The highest BCUT2D eigenvalue weighted by atomic mass is 16.5. The summed E-state index contributed by atoms with van der Waals surface area (Å²) in [6.45, 7) is 7.44. The number of pyridine rings is 1. The Labute approximate surface area is 221 Å². The molecule has 0 N–H and O–H groups in total. The average Bonchev–Trinajstić information content (AvgIpc) is 3.43. The van der Waals surface area contributed by atoms with E-state index in [1.807, 2.05) is 12.4 Å². The Hall–Kier alpha value is -2.01. The molecule has 6 atom stereocenters. The molecule has 2 aromatic rings. The minimum absolute atomic E-state index is 0.00540. The maximum Gasteiger partial charge on any atom is 0.0974 e. The van der Waals surface area contributed by atoms with E-state index >= 15 is 0 Å². The van der Waals surface area contributed by atoms with Crippen LogP contribution in [0.3, 0.4) is 0 Å². The van der Waals surface area contributed by atoms with Gasteiger partial charge in [0.2, 0.25) is 0 Å². The summed E-state index contributed by atoms with van der Waals surface area (Å²) in [6.07, 6.45) is 19.1. The molecule has 2 bridgehead atoms. The zero-order chi connectivity index (χ0) is 24.8. The molecule has 3 aliphatic heterocycles. The minimum Gasteiger partial charge on any atom is -0.359 e. The lowest BCUT2D eigenvalue weighted by molar-refractivity contribution is -0.141. The van der Waals surface area contributed by atoms with E-state index in [4.69, 9.17) is 4.74 Å². The first-order valence-corrected chi connectivity index (χ1v) is 14.9. The van der Waals surface area contributed by atoms with E-state index in [9.17, 15) is 0 Å². The van der Waals surface area contributed by atoms with Crippen molar-refractivity contribution in [2.45, 2.75) is 81.5 Å². The number of benzene rings is 1. The Morgan fingerprint density at radius 2 is 1.89 bits per heavy atom. The number of rotatable bonds is 2. The summed E-state index contributed by atoms with van der Waals surface area (Å²) in [5, 5.41) is 2.57. The van der Waals surface area contributed by atoms with Crippen molar-refractivity contribution in [2.75, 3.05) is 33.2 Å². The predicted octanol–water partition coefficient (Wildman–Crippen LogP) is 6.09. The Balaban J connectivity index is 1.12. The van der Waals surface area contributed by atoms with Crippen molar-refractivity contribution >= 4 is 10.8 Å². The van der Waals surface area contributed by atoms with E-state index in [2.05, 4.69) is 65.2 Å². The van der Waals surface area contributed by atoms with Crippen LogP contribution in [0.4, 0.5) is 0 Å². The maximum absolute atomic E-state index is 7.57. The fourth-order valence-electron chi connectivity index (χ4n) is 9.75. The molecule has 3 aliphatic carbocycles. The summed E-state index contributed by atoms with van der Waals surface area (Å²) in [6, 6.07) is 9.95. The molecule has 0 radical (unpaired) electrons. The summed E-state index contributed by atoms with van der Waals surface area (Å²) >= 11 is 0. The third-order valence-electron chi connectivity index (χ3n) is 11.8. The third kappa shape index (κ3) is 3.22. The van der Waals surface area contributed by atoms with Crippen LogP contribution in [-0.2, 0) is 4.74 Å². The van der Waals surface area contributed by atoms with Crippen LogP contribution >= 0.6 is 0 Å². The number of fused-ring (bicyclic) bond motifs is 2. The minimum atomic E-state index is -0.0618. The Morgan fingerprint density at radius 3 is 2.78 bits per heavy atom. The maximum atomic E-state index is 7.57. The summed E-state index contributed by atoms with van der Waals surface area (Å²) in [5.41, 5.74) is 4.85. The zero-order valence-electron chi connectivity index (χ0n) is 22.6. The van der Waals surface area contributed by atoms with Crippen LogP contribution in [0.1, 0.15) is 69.8 Å². The number of aromatic nitrogens is 1. The molecular weight excluding hydrogens is 454 g/mol. The largest absolute Gasteiger partial charge is 0.359 e. The summed E-state index contributed by atoms with van der Waals surface area (Å²) < 4.78 is 7.57. The summed E-state index contributed by atoms with van der Waals surface area (Å²) in [4.78, 5) is 9.67. The van der Waals surface area contributed by atoms with Gasteiger partial charge in [0.1, 0.15) is 0 Å². The fraction of sp³-hybridized carbons (Fsp3) is 0.606. The number of likely N-dealkylation sites (N-methyl/N-ethyl adjacent to an activating group) is 1. The van der Waals surface area contributed by atoms with Gasteiger partial charge in [-0.1, -0.05) is 31.2 Å². The van der Waals surface area contributed by atoms with Crippen LogP contribution < -0.4 is 0 Å². The van der Waals surface area contributed by atoms with Crippen LogP contribution in [0.15, 0.2) is 60.0 Å². The molecule has 8 rings (SSSR count). The second kappa shape index (κ2) is 8.00. The van der Waals surface area contributed by atoms with Crippen molar-refractivity contribution < 1.29 is 4.74 Å². The van der Waals surface area contributed by atoms with Crippen LogP contribution in [0, 0.1) is 11.3 Å². The van der Waals surface area contributed by atoms with Gasteiger partial charge in [0.05, 0.1) is 11.2 Å². The van der Waals surface area contributed by atoms with Gasteiger partial charge in [-0.3, -0.25) is 9.88 Å². The molecule has 1 unspecified atom stereocenters. The normalized spacial score (nSPS) is 41.6. The number of ether oxygens (including phenoxy) is 1. The molecule has 0 amide bonds. The average molecular weight is 496 g/mol. The third-order valence-corrected chi connectivity index (χ3v) is 11.8. The van der Waals surface area contributed by atoms with Crippen LogP contribution in [0.25, 0.3) is 10.8 Å². The molecule has 2 saturated carbocycles. The van der Waals surface area contributed by atoms with Gasteiger partial charge >= 0.3 is 0 Å². The molecule has 2 saturated heterocycles. The predicted molar refractivity (Wildman–Crippen MR) is 149 cm³/mol. The van der Waals surface area contributed by atoms with Crippen LogP contribution in [0.2, 0.25) is 0 Å². The number of hydrogen-bond acceptors (Lipinski definition) is 4. The van der Waals surface area contributed by atoms with E-state index in [1.54, 1.807) is 11.1 Å².